The summed E-state index contributed by atoms with van der Waals surface area (Å²) in [5.74, 6) is -0.262. The quantitative estimate of drug-likeness (QED) is 0.880. The van der Waals surface area contributed by atoms with Crippen molar-refractivity contribution in [2.75, 3.05) is 33.7 Å². The number of carbonyl (C=O) groups is 1. The molecule has 5 heteroatoms. The molecule has 1 fully saturated rings. The summed E-state index contributed by atoms with van der Waals surface area (Å²) in [4.78, 5) is 15.5. The summed E-state index contributed by atoms with van der Waals surface area (Å²) in [6.45, 7) is 3.93. The summed E-state index contributed by atoms with van der Waals surface area (Å²) in [5.41, 5.74) is 0.749. The highest BCUT2D eigenvalue weighted by Crippen LogP contribution is 2.18. The first-order valence-corrected chi connectivity index (χ1v) is 6.73. The Bertz CT molecular complexity index is 430. The van der Waals surface area contributed by atoms with Crippen molar-refractivity contribution in [2.45, 2.75) is 19.4 Å². The molecular formula is C14H22N2O3. The maximum absolute atomic E-state index is 11.0. The average Bonchev–Trinajstić information content (AvgIpc) is 2.76. The minimum absolute atomic E-state index is 0.0626. The zero-order valence-electron chi connectivity index (χ0n) is 11.6. The number of carboxylic acid groups (broad SMARTS) is 1. The second-order valence-corrected chi connectivity index (χ2v) is 5.55. The lowest BCUT2D eigenvalue weighted by atomic mass is 9.98. The Hall–Kier alpha value is -1.33. The van der Waals surface area contributed by atoms with Gasteiger partial charge in [0.2, 0.25) is 5.76 Å². The van der Waals surface area contributed by atoms with Crippen LogP contribution in [-0.2, 0) is 6.54 Å². The summed E-state index contributed by atoms with van der Waals surface area (Å²) < 4.78 is 5.00. The molecule has 0 aromatic carbocycles. The topological polar surface area (TPSA) is 56.9 Å². The Balaban J connectivity index is 1.88. The lowest BCUT2D eigenvalue weighted by molar-refractivity contribution is 0.0659. The number of hydrogen-bond acceptors (Lipinski definition) is 4. The molecule has 0 radical (unpaired) electrons. The van der Waals surface area contributed by atoms with Gasteiger partial charge in [0, 0.05) is 25.2 Å². The van der Waals surface area contributed by atoms with Crippen LogP contribution in [0.5, 0.6) is 0 Å². The largest absolute Gasteiger partial charge is 0.475 e. The number of aromatic carboxylic acids is 1. The molecule has 5 nitrogen and oxygen atoms in total. The standard InChI is InChI=1S/C14H22N2O3/c1-15-6-3-4-11(8-15)9-16(2)10-12-5-7-19-13(12)14(17)18/h5,7,11H,3-4,6,8-10H2,1-2H3,(H,17,18). The molecule has 2 rings (SSSR count). The number of likely N-dealkylation sites (tertiary alicyclic amines) is 1. The fourth-order valence-corrected chi connectivity index (χ4v) is 2.87. The van der Waals surface area contributed by atoms with E-state index in [0.29, 0.717) is 12.5 Å². The predicted molar refractivity (Wildman–Crippen MR) is 72.2 cm³/mol. The summed E-state index contributed by atoms with van der Waals surface area (Å²) in [6.07, 6.45) is 3.95. The Labute approximate surface area is 113 Å². The van der Waals surface area contributed by atoms with Gasteiger partial charge < -0.3 is 19.3 Å². The van der Waals surface area contributed by atoms with E-state index in [-0.39, 0.29) is 5.76 Å². The average molecular weight is 266 g/mol. The van der Waals surface area contributed by atoms with E-state index in [1.165, 1.54) is 25.6 Å². The van der Waals surface area contributed by atoms with E-state index in [4.69, 9.17) is 9.52 Å². The molecule has 106 valence electrons. The molecule has 0 saturated carbocycles. The van der Waals surface area contributed by atoms with Gasteiger partial charge in [0.05, 0.1) is 6.26 Å². The van der Waals surface area contributed by atoms with Gasteiger partial charge in [-0.2, -0.15) is 0 Å². The molecule has 1 aromatic rings. The van der Waals surface area contributed by atoms with E-state index in [2.05, 4.69) is 16.8 Å². The number of furan rings is 1. The molecule has 0 amide bonds. The molecule has 0 spiro atoms. The number of hydrogen-bond donors (Lipinski definition) is 1. The molecule has 1 N–H and O–H groups in total. The van der Waals surface area contributed by atoms with Crippen molar-refractivity contribution < 1.29 is 14.3 Å². The fraction of sp³-hybridized carbons (Fsp3) is 0.643. The van der Waals surface area contributed by atoms with Crippen molar-refractivity contribution in [2.24, 2.45) is 5.92 Å². The van der Waals surface area contributed by atoms with Crippen LogP contribution in [0.3, 0.4) is 0 Å². The van der Waals surface area contributed by atoms with Crippen LogP contribution in [-0.4, -0.2) is 54.6 Å². The van der Waals surface area contributed by atoms with Crippen molar-refractivity contribution in [1.82, 2.24) is 9.80 Å². The SMILES string of the molecule is CN1CCCC(CN(C)Cc2ccoc2C(=O)O)C1. The molecule has 19 heavy (non-hydrogen) atoms. The first-order chi connectivity index (χ1) is 9.06. The molecule has 1 aliphatic rings. The maximum Gasteiger partial charge on any atom is 0.372 e. The maximum atomic E-state index is 11.0. The molecule has 1 aliphatic heterocycles. The minimum Gasteiger partial charge on any atom is -0.475 e. The summed E-state index contributed by atoms with van der Waals surface area (Å²) in [7, 11) is 4.19. The second-order valence-electron chi connectivity index (χ2n) is 5.55. The van der Waals surface area contributed by atoms with Gasteiger partial charge in [0.15, 0.2) is 0 Å². The van der Waals surface area contributed by atoms with E-state index in [9.17, 15) is 4.79 Å². The van der Waals surface area contributed by atoms with Crippen LogP contribution in [0.1, 0.15) is 29.0 Å². The number of nitrogens with zero attached hydrogens (tertiary/aromatic N) is 2. The van der Waals surface area contributed by atoms with Crippen molar-refractivity contribution in [3.05, 3.63) is 23.7 Å². The van der Waals surface area contributed by atoms with Crippen LogP contribution >= 0.6 is 0 Å². The van der Waals surface area contributed by atoms with Crippen molar-refractivity contribution in [3.63, 3.8) is 0 Å². The van der Waals surface area contributed by atoms with Gasteiger partial charge in [-0.15, -0.1) is 0 Å². The normalized spacial score (nSPS) is 20.9. The molecule has 1 atom stereocenters. The van der Waals surface area contributed by atoms with Gasteiger partial charge >= 0.3 is 5.97 Å². The van der Waals surface area contributed by atoms with Crippen LogP contribution in [0.4, 0.5) is 0 Å². The van der Waals surface area contributed by atoms with Crippen LogP contribution in [0.15, 0.2) is 16.7 Å². The second kappa shape index (κ2) is 6.21. The number of piperidine rings is 1. The lowest BCUT2D eigenvalue weighted by Gasteiger charge is -2.32. The van der Waals surface area contributed by atoms with E-state index in [0.717, 1.165) is 18.7 Å². The Morgan fingerprint density at radius 2 is 2.42 bits per heavy atom. The highest BCUT2D eigenvalue weighted by molar-refractivity contribution is 5.86. The van der Waals surface area contributed by atoms with Gasteiger partial charge in [-0.25, -0.2) is 4.79 Å². The molecule has 1 aromatic heterocycles. The van der Waals surface area contributed by atoms with Gasteiger partial charge in [0.25, 0.3) is 0 Å². The summed E-state index contributed by atoms with van der Waals surface area (Å²) >= 11 is 0. The first-order valence-electron chi connectivity index (χ1n) is 6.73. The van der Waals surface area contributed by atoms with Crippen LogP contribution < -0.4 is 0 Å². The van der Waals surface area contributed by atoms with E-state index in [1.54, 1.807) is 6.07 Å². The highest BCUT2D eigenvalue weighted by Gasteiger charge is 2.20. The fourth-order valence-electron chi connectivity index (χ4n) is 2.87. The molecule has 0 bridgehead atoms. The van der Waals surface area contributed by atoms with Gasteiger partial charge in [-0.3, -0.25) is 0 Å². The van der Waals surface area contributed by atoms with Gasteiger partial charge in [0.1, 0.15) is 0 Å². The highest BCUT2D eigenvalue weighted by atomic mass is 16.4. The van der Waals surface area contributed by atoms with Crippen LogP contribution in [0, 0.1) is 5.92 Å². The molecule has 1 saturated heterocycles. The molecule has 2 heterocycles. The summed E-state index contributed by atoms with van der Waals surface area (Å²) in [5, 5.41) is 9.00. The number of rotatable bonds is 5. The van der Waals surface area contributed by atoms with Gasteiger partial charge in [-0.1, -0.05) is 0 Å². The minimum atomic E-state index is -0.995. The zero-order valence-corrected chi connectivity index (χ0v) is 11.6. The Morgan fingerprint density at radius 3 is 3.11 bits per heavy atom. The van der Waals surface area contributed by atoms with E-state index in [1.807, 2.05) is 7.05 Å². The predicted octanol–water partition coefficient (Wildman–Crippen LogP) is 1.75. The third kappa shape index (κ3) is 3.81. The van der Waals surface area contributed by atoms with Gasteiger partial charge in [-0.05, 0) is 45.5 Å². The Morgan fingerprint density at radius 1 is 1.63 bits per heavy atom. The summed E-state index contributed by atoms with van der Waals surface area (Å²) in [6, 6.07) is 1.74. The molecular weight excluding hydrogens is 244 g/mol. The number of carboxylic acids is 1. The van der Waals surface area contributed by atoms with E-state index >= 15 is 0 Å². The van der Waals surface area contributed by atoms with Crippen LogP contribution in [0.25, 0.3) is 0 Å². The third-order valence-corrected chi connectivity index (χ3v) is 3.67. The zero-order chi connectivity index (χ0) is 13.8. The van der Waals surface area contributed by atoms with Crippen LogP contribution in [0.2, 0.25) is 0 Å². The van der Waals surface area contributed by atoms with Crippen molar-refractivity contribution in [3.8, 4) is 0 Å². The lowest BCUT2D eigenvalue weighted by Crippen LogP contribution is -2.37. The van der Waals surface area contributed by atoms with Crippen molar-refractivity contribution >= 4 is 5.97 Å². The van der Waals surface area contributed by atoms with E-state index < -0.39 is 5.97 Å². The molecule has 0 aliphatic carbocycles. The Kier molecular flexibility index (Phi) is 4.61. The van der Waals surface area contributed by atoms with Crippen molar-refractivity contribution in [1.29, 1.82) is 0 Å². The third-order valence-electron chi connectivity index (χ3n) is 3.67. The monoisotopic (exact) mass is 266 g/mol. The molecule has 1 unspecified atom stereocenters. The first kappa shape index (κ1) is 14.1. The smallest absolute Gasteiger partial charge is 0.372 e.